The van der Waals surface area contributed by atoms with E-state index in [0.29, 0.717) is 10.5 Å². The van der Waals surface area contributed by atoms with E-state index in [9.17, 15) is 10.1 Å². The van der Waals surface area contributed by atoms with Crippen LogP contribution in [0.25, 0.3) is 0 Å². The molecule has 0 radical (unpaired) electrons. The van der Waals surface area contributed by atoms with Gasteiger partial charge in [0.2, 0.25) is 0 Å². The molecule has 1 heterocycles. The van der Waals surface area contributed by atoms with Crippen LogP contribution >= 0.6 is 27.7 Å². The molecule has 0 atom stereocenters. The van der Waals surface area contributed by atoms with Crippen LogP contribution in [0.3, 0.4) is 0 Å². The zero-order valence-corrected chi connectivity index (χ0v) is 11.6. The van der Waals surface area contributed by atoms with Gasteiger partial charge in [-0.3, -0.25) is 10.1 Å². The molecular formula is C11H13BrN2O2S. The predicted molar refractivity (Wildman–Crippen MR) is 74.8 cm³/mol. The van der Waals surface area contributed by atoms with Gasteiger partial charge in [0.1, 0.15) is 0 Å². The minimum absolute atomic E-state index is 0.111. The number of thioether (sulfide) groups is 1. The van der Waals surface area contributed by atoms with Gasteiger partial charge in [-0.15, -0.1) is 0 Å². The Balaban J connectivity index is 2.10. The van der Waals surface area contributed by atoms with Crippen LogP contribution in [0.4, 0.5) is 11.4 Å². The van der Waals surface area contributed by atoms with Crippen LogP contribution in [0.1, 0.15) is 12.8 Å². The molecule has 1 aromatic rings. The molecule has 0 aliphatic carbocycles. The molecule has 92 valence electrons. The highest BCUT2D eigenvalue weighted by atomic mass is 79.9. The first-order valence-electron chi connectivity index (χ1n) is 5.45. The summed E-state index contributed by atoms with van der Waals surface area (Å²) in [5.41, 5.74) is 0.942. The number of nitro benzene ring substituents is 1. The van der Waals surface area contributed by atoms with Gasteiger partial charge in [-0.25, -0.2) is 0 Å². The van der Waals surface area contributed by atoms with Crippen LogP contribution in [-0.2, 0) is 0 Å². The average molecular weight is 317 g/mol. The lowest BCUT2D eigenvalue weighted by Crippen LogP contribution is -2.24. The number of nitrogens with one attached hydrogen (secondary N) is 1. The largest absolute Gasteiger partial charge is 0.382 e. The Morgan fingerprint density at radius 3 is 2.76 bits per heavy atom. The Hall–Kier alpha value is -0.750. The molecule has 1 saturated heterocycles. The van der Waals surface area contributed by atoms with Crippen molar-refractivity contribution in [3.63, 3.8) is 0 Å². The number of benzene rings is 1. The van der Waals surface area contributed by atoms with Crippen LogP contribution in [0.2, 0.25) is 0 Å². The van der Waals surface area contributed by atoms with Gasteiger partial charge in [0.25, 0.3) is 5.69 Å². The third kappa shape index (κ3) is 3.35. The minimum atomic E-state index is -0.369. The van der Waals surface area contributed by atoms with Crippen LogP contribution in [0.15, 0.2) is 22.7 Å². The molecule has 0 unspecified atom stereocenters. The fourth-order valence-corrected chi connectivity index (χ4v) is 3.32. The molecule has 0 spiro atoms. The lowest BCUT2D eigenvalue weighted by atomic mass is 10.1. The third-order valence-corrected chi connectivity index (χ3v) is 4.45. The van der Waals surface area contributed by atoms with Crippen molar-refractivity contribution in [2.45, 2.75) is 18.9 Å². The molecule has 17 heavy (non-hydrogen) atoms. The lowest BCUT2D eigenvalue weighted by molar-refractivity contribution is -0.385. The van der Waals surface area contributed by atoms with E-state index in [1.54, 1.807) is 12.1 Å². The van der Waals surface area contributed by atoms with Crippen molar-refractivity contribution in [2.24, 2.45) is 0 Å². The summed E-state index contributed by atoms with van der Waals surface area (Å²) in [5, 5.41) is 14.2. The molecule has 0 amide bonds. The van der Waals surface area contributed by atoms with Gasteiger partial charge in [-0.2, -0.15) is 11.8 Å². The van der Waals surface area contributed by atoms with E-state index in [2.05, 4.69) is 21.2 Å². The summed E-state index contributed by atoms with van der Waals surface area (Å²) in [6.45, 7) is 0. The summed E-state index contributed by atoms with van der Waals surface area (Å²) < 4.78 is 0.521. The van der Waals surface area contributed by atoms with E-state index in [0.717, 1.165) is 30.0 Å². The molecule has 4 nitrogen and oxygen atoms in total. The standard InChI is InChI=1S/C11H13BrN2O2S/c12-10-2-1-9(7-11(10)14(15)16)13-8-3-5-17-6-4-8/h1-2,7-8,13H,3-6H2. The number of hydrogen-bond acceptors (Lipinski definition) is 4. The van der Waals surface area contributed by atoms with Crippen molar-refractivity contribution in [3.05, 3.63) is 32.8 Å². The summed E-state index contributed by atoms with van der Waals surface area (Å²) in [4.78, 5) is 10.4. The molecule has 0 bridgehead atoms. The van der Waals surface area contributed by atoms with Crippen molar-refractivity contribution >= 4 is 39.1 Å². The molecule has 0 saturated carbocycles. The van der Waals surface area contributed by atoms with Crippen molar-refractivity contribution in [2.75, 3.05) is 16.8 Å². The summed E-state index contributed by atoms with van der Waals surface area (Å²) in [5.74, 6) is 2.33. The number of halogens is 1. The second kappa shape index (κ2) is 5.73. The number of hydrogen-bond donors (Lipinski definition) is 1. The number of anilines is 1. The molecule has 1 N–H and O–H groups in total. The predicted octanol–water partition coefficient (Wildman–Crippen LogP) is 3.66. The second-order valence-electron chi connectivity index (χ2n) is 3.95. The Bertz CT molecular complexity index is 422. The summed E-state index contributed by atoms with van der Waals surface area (Å²) in [6, 6.07) is 5.62. The van der Waals surface area contributed by atoms with Crippen LogP contribution in [-0.4, -0.2) is 22.5 Å². The maximum Gasteiger partial charge on any atom is 0.285 e. The minimum Gasteiger partial charge on any atom is -0.382 e. The SMILES string of the molecule is O=[N+]([O-])c1cc(NC2CCSCC2)ccc1Br. The Morgan fingerprint density at radius 2 is 2.12 bits per heavy atom. The lowest BCUT2D eigenvalue weighted by Gasteiger charge is -2.23. The van der Waals surface area contributed by atoms with Crippen molar-refractivity contribution in [3.8, 4) is 0 Å². The molecule has 0 aromatic heterocycles. The zero-order chi connectivity index (χ0) is 12.3. The summed E-state index contributed by atoms with van der Waals surface area (Å²) in [6.07, 6.45) is 2.24. The fourth-order valence-electron chi connectivity index (χ4n) is 1.82. The third-order valence-electron chi connectivity index (χ3n) is 2.73. The van der Waals surface area contributed by atoms with E-state index in [1.165, 1.54) is 0 Å². The fraction of sp³-hybridized carbons (Fsp3) is 0.455. The Morgan fingerprint density at radius 1 is 1.41 bits per heavy atom. The Labute approximate surface area is 112 Å². The maximum absolute atomic E-state index is 10.8. The van der Waals surface area contributed by atoms with Crippen molar-refractivity contribution in [1.29, 1.82) is 0 Å². The first kappa shape index (κ1) is 12.7. The maximum atomic E-state index is 10.8. The van der Waals surface area contributed by atoms with Gasteiger partial charge in [0.05, 0.1) is 9.40 Å². The van der Waals surface area contributed by atoms with E-state index < -0.39 is 0 Å². The van der Waals surface area contributed by atoms with Crippen LogP contribution in [0, 0.1) is 10.1 Å². The number of nitrogens with zero attached hydrogens (tertiary/aromatic N) is 1. The molecule has 1 aliphatic heterocycles. The summed E-state index contributed by atoms with van der Waals surface area (Å²) >= 11 is 5.15. The first-order valence-corrected chi connectivity index (χ1v) is 7.40. The van der Waals surface area contributed by atoms with Gasteiger partial charge in [0.15, 0.2) is 0 Å². The second-order valence-corrected chi connectivity index (χ2v) is 6.03. The number of rotatable bonds is 3. The zero-order valence-electron chi connectivity index (χ0n) is 9.19. The van der Waals surface area contributed by atoms with Crippen molar-refractivity contribution in [1.82, 2.24) is 0 Å². The molecule has 1 aromatic carbocycles. The van der Waals surface area contributed by atoms with Crippen molar-refractivity contribution < 1.29 is 4.92 Å². The topological polar surface area (TPSA) is 55.2 Å². The highest BCUT2D eigenvalue weighted by Gasteiger charge is 2.16. The molecule has 6 heteroatoms. The number of nitro groups is 1. The molecule has 1 fully saturated rings. The van der Waals surface area contributed by atoms with Crippen LogP contribution < -0.4 is 5.32 Å². The molecule has 2 rings (SSSR count). The average Bonchev–Trinajstić information content (AvgIpc) is 2.32. The smallest absolute Gasteiger partial charge is 0.285 e. The van der Waals surface area contributed by atoms with Gasteiger partial charge in [-0.1, -0.05) is 0 Å². The van der Waals surface area contributed by atoms with E-state index in [1.807, 2.05) is 17.8 Å². The highest BCUT2D eigenvalue weighted by molar-refractivity contribution is 9.10. The Kier molecular flexibility index (Phi) is 4.28. The highest BCUT2D eigenvalue weighted by Crippen LogP contribution is 2.29. The van der Waals surface area contributed by atoms with Gasteiger partial charge < -0.3 is 5.32 Å². The monoisotopic (exact) mass is 316 g/mol. The normalized spacial score (nSPS) is 16.8. The summed E-state index contributed by atoms with van der Waals surface area (Å²) in [7, 11) is 0. The quantitative estimate of drug-likeness (QED) is 0.683. The molecule has 1 aliphatic rings. The first-order chi connectivity index (χ1) is 8.16. The van der Waals surface area contributed by atoms with Crippen LogP contribution in [0.5, 0.6) is 0 Å². The van der Waals surface area contributed by atoms with E-state index in [-0.39, 0.29) is 10.6 Å². The van der Waals surface area contributed by atoms with Gasteiger partial charge in [0, 0.05) is 17.8 Å². The van der Waals surface area contributed by atoms with Gasteiger partial charge >= 0.3 is 0 Å². The molecular weight excluding hydrogens is 304 g/mol. The van der Waals surface area contributed by atoms with Gasteiger partial charge in [-0.05, 0) is 52.4 Å². The van der Waals surface area contributed by atoms with E-state index >= 15 is 0 Å². The van der Waals surface area contributed by atoms with E-state index in [4.69, 9.17) is 0 Å².